The molecule has 1 fully saturated rings. The van der Waals surface area contributed by atoms with Crippen LogP contribution < -0.4 is 4.90 Å². The number of thiophene rings is 1. The van der Waals surface area contributed by atoms with Gasteiger partial charge in [-0.05, 0) is 23.6 Å². The molecule has 23 heavy (non-hydrogen) atoms. The first-order valence-corrected chi connectivity index (χ1v) is 9.42. The van der Waals surface area contributed by atoms with Gasteiger partial charge in [-0.3, -0.25) is 4.79 Å². The number of aromatic nitrogens is 1. The fraction of sp³-hybridized carbons (Fsp3) is 0.250. The second-order valence-corrected chi connectivity index (χ2v) is 7.70. The minimum absolute atomic E-state index is 0.131. The van der Waals surface area contributed by atoms with Crippen molar-refractivity contribution in [2.75, 3.05) is 31.1 Å². The van der Waals surface area contributed by atoms with Crippen molar-refractivity contribution in [2.24, 2.45) is 0 Å². The molecule has 3 heterocycles. The Morgan fingerprint density at radius 1 is 1.13 bits per heavy atom. The largest absolute Gasteiger partial charge is 0.345 e. The summed E-state index contributed by atoms with van der Waals surface area (Å²) in [5.74, 6) is 0.131. The quantitative estimate of drug-likeness (QED) is 0.691. The van der Waals surface area contributed by atoms with Crippen LogP contribution in [0.15, 0.2) is 35.7 Å². The number of carbonyl (C=O) groups is 1. The summed E-state index contributed by atoms with van der Waals surface area (Å²) < 4.78 is 1.10. The average molecular weight is 364 g/mol. The second kappa shape index (κ2) is 6.11. The van der Waals surface area contributed by atoms with E-state index in [1.165, 1.54) is 11.3 Å². The van der Waals surface area contributed by atoms with Gasteiger partial charge in [0.05, 0.1) is 14.6 Å². The van der Waals surface area contributed by atoms with Crippen molar-refractivity contribution in [2.45, 2.75) is 0 Å². The molecule has 0 atom stereocenters. The summed E-state index contributed by atoms with van der Waals surface area (Å²) in [5.41, 5.74) is 0.867. The predicted molar refractivity (Wildman–Crippen MR) is 97.1 cm³/mol. The van der Waals surface area contributed by atoms with Gasteiger partial charge in [-0.2, -0.15) is 0 Å². The lowest BCUT2D eigenvalue weighted by Gasteiger charge is -2.34. The number of piperazine rings is 1. The second-order valence-electron chi connectivity index (χ2n) is 5.34. The van der Waals surface area contributed by atoms with Gasteiger partial charge in [0, 0.05) is 26.2 Å². The molecule has 0 unspecified atom stereocenters. The maximum atomic E-state index is 12.4. The Labute approximate surface area is 146 Å². The number of carbonyl (C=O) groups excluding carboxylic acids is 1. The lowest BCUT2D eigenvalue weighted by atomic mass is 10.3. The number of nitrogens with zero attached hydrogens (tertiary/aromatic N) is 3. The van der Waals surface area contributed by atoms with E-state index in [0.717, 1.165) is 46.4 Å². The van der Waals surface area contributed by atoms with E-state index in [4.69, 9.17) is 11.6 Å². The average Bonchev–Trinajstić information content (AvgIpc) is 3.24. The van der Waals surface area contributed by atoms with E-state index in [0.29, 0.717) is 5.02 Å². The summed E-state index contributed by atoms with van der Waals surface area (Å²) >= 11 is 9.36. The van der Waals surface area contributed by atoms with Gasteiger partial charge < -0.3 is 9.80 Å². The molecule has 0 bridgehead atoms. The number of anilines is 1. The van der Waals surface area contributed by atoms with Crippen LogP contribution in [0.5, 0.6) is 0 Å². The Balaban J connectivity index is 1.48. The van der Waals surface area contributed by atoms with E-state index < -0.39 is 0 Å². The van der Waals surface area contributed by atoms with Crippen molar-refractivity contribution >= 4 is 55.5 Å². The van der Waals surface area contributed by atoms with Gasteiger partial charge in [0.1, 0.15) is 5.52 Å². The van der Waals surface area contributed by atoms with Gasteiger partial charge in [-0.1, -0.05) is 35.1 Å². The molecule has 0 N–H and O–H groups in total. The van der Waals surface area contributed by atoms with Crippen LogP contribution in [0.2, 0.25) is 5.02 Å². The van der Waals surface area contributed by atoms with E-state index >= 15 is 0 Å². The summed E-state index contributed by atoms with van der Waals surface area (Å²) in [7, 11) is 0. The fourth-order valence-corrected chi connectivity index (χ4v) is 4.70. The SMILES string of the molecule is O=C(c1cccs1)N1CCN(c2nc3c(Cl)cccc3s2)CC1. The monoisotopic (exact) mass is 363 g/mol. The van der Waals surface area contributed by atoms with Crippen LogP contribution in [-0.4, -0.2) is 42.0 Å². The van der Waals surface area contributed by atoms with E-state index in [9.17, 15) is 4.79 Å². The summed E-state index contributed by atoms with van der Waals surface area (Å²) in [4.78, 5) is 22.0. The van der Waals surface area contributed by atoms with Gasteiger partial charge in [0.2, 0.25) is 0 Å². The molecule has 4 rings (SSSR count). The molecule has 0 spiro atoms. The highest BCUT2D eigenvalue weighted by atomic mass is 35.5. The first-order chi connectivity index (χ1) is 11.2. The normalized spacial score (nSPS) is 15.3. The summed E-state index contributed by atoms with van der Waals surface area (Å²) in [6.07, 6.45) is 0. The zero-order chi connectivity index (χ0) is 15.8. The van der Waals surface area contributed by atoms with Crippen molar-refractivity contribution in [1.29, 1.82) is 0 Å². The maximum Gasteiger partial charge on any atom is 0.264 e. The Hall–Kier alpha value is -1.63. The van der Waals surface area contributed by atoms with Crippen LogP contribution in [0.25, 0.3) is 10.2 Å². The molecule has 1 aliphatic heterocycles. The summed E-state index contributed by atoms with van der Waals surface area (Å²) in [5, 5.41) is 3.61. The molecular formula is C16H14ClN3OS2. The third-order valence-corrected chi connectivity index (χ3v) is 6.17. The topological polar surface area (TPSA) is 36.4 Å². The van der Waals surface area contributed by atoms with Crippen LogP contribution in [0.4, 0.5) is 5.13 Å². The Morgan fingerprint density at radius 2 is 1.96 bits per heavy atom. The van der Waals surface area contributed by atoms with Crippen molar-refractivity contribution in [3.63, 3.8) is 0 Å². The molecule has 0 aliphatic carbocycles. The molecule has 0 radical (unpaired) electrons. The van der Waals surface area contributed by atoms with Crippen LogP contribution in [-0.2, 0) is 0 Å². The summed E-state index contributed by atoms with van der Waals surface area (Å²) in [6, 6.07) is 9.65. The number of para-hydroxylation sites is 1. The van der Waals surface area contributed by atoms with Crippen molar-refractivity contribution in [3.05, 3.63) is 45.6 Å². The maximum absolute atomic E-state index is 12.4. The Bertz CT molecular complexity index is 838. The molecular weight excluding hydrogens is 350 g/mol. The van der Waals surface area contributed by atoms with Crippen LogP contribution >= 0.6 is 34.3 Å². The molecule has 118 valence electrons. The number of thiazole rings is 1. The number of fused-ring (bicyclic) bond motifs is 1. The molecule has 1 amide bonds. The molecule has 1 aromatic carbocycles. The molecule has 7 heteroatoms. The van der Waals surface area contributed by atoms with Gasteiger partial charge >= 0.3 is 0 Å². The first-order valence-electron chi connectivity index (χ1n) is 7.35. The zero-order valence-electron chi connectivity index (χ0n) is 12.2. The predicted octanol–water partition coefficient (Wildman–Crippen LogP) is 3.97. The molecule has 4 nitrogen and oxygen atoms in total. The van der Waals surface area contributed by atoms with Gasteiger partial charge in [0.15, 0.2) is 5.13 Å². The minimum atomic E-state index is 0.131. The van der Waals surface area contributed by atoms with Gasteiger partial charge in [0.25, 0.3) is 5.91 Å². The van der Waals surface area contributed by atoms with Crippen LogP contribution in [0.3, 0.4) is 0 Å². The Morgan fingerprint density at radius 3 is 2.65 bits per heavy atom. The molecule has 2 aromatic heterocycles. The third kappa shape index (κ3) is 2.82. The van der Waals surface area contributed by atoms with Crippen LogP contribution in [0.1, 0.15) is 9.67 Å². The van der Waals surface area contributed by atoms with E-state index in [1.807, 2.05) is 40.6 Å². The summed E-state index contributed by atoms with van der Waals surface area (Å²) in [6.45, 7) is 3.05. The Kier molecular flexibility index (Phi) is 3.97. The van der Waals surface area contributed by atoms with E-state index in [2.05, 4.69) is 9.88 Å². The fourth-order valence-electron chi connectivity index (χ4n) is 2.70. The number of rotatable bonds is 2. The van der Waals surface area contributed by atoms with E-state index in [-0.39, 0.29) is 5.91 Å². The highest BCUT2D eigenvalue weighted by molar-refractivity contribution is 7.22. The smallest absolute Gasteiger partial charge is 0.264 e. The zero-order valence-corrected chi connectivity index (χ0v) is 14.6. The number of halogens is 1. The van der Waals surface area contributed by atoms with Crippen molar-refractivity contribution in [1.82, 2.24) is 9.88 Å². The van der Waals surface area contributed by atoms with Gasteiger partial charge in [-0.25, -0.2) is 4.98 Å². The standard InChI is InChI=1S/C16H14ClN3OS2/c17-11-3-1-4-12-14(11)18-16(23-12)20-8-6-19(7-9-20)15(21)13-5-2-10-22-13/h1-5,10H,6-9H2. The van der Waals surface area contributed by atoms with Gasteiger partial charge in [-0.15, -0.1) is 11.3 Å². The number of benzene rings is 1. The van der Waals surface area contributed by atoms with Crippen molar-refractivity contribution < 1.29 is 4.79 Å². The number of hydrogen-bond acceptors (Lipinski definition) is 5. The molecule has 1 aliphatic rings. The number of amides is 1. The van der Waals surface area contributed by atoms with Crippen LogP contribution in [0, 0.1) is 0 Å². The highest BCUT2D eigenvalue weighted by Gasteiger charge is 2.24. The van der Waals surface area contributed by atoms with E-state index in [1.54, 1.807) is 11.3 Å². The molecule has 0 saturated carbocycles. The van der Waals surface area contributed by atoms with Crippen molar-refractivity contribution in [3.8, 4) is 0 Å². The first kappa shape index (κ1) is 14.9. The minimum Gasteiger partial charge on any atom is -0.345 e. The number of hydrogen-bond donors (Lipinski definition) is 0. The highest BCUT2D eigenvalue weighted by Crippen LogP contribution is 2.33. The third-order valence-electron chi connectivity index (χ3n) is 3.93. The molecule has 1 saturated heterocycles. The lowest BCUT2D eigenvalue weighted by Crippen LogP contribution is -2.48. The molecule has 3 aromatic rings. The lowest BCUT2D eigenvalue weighted by molar-refractivity contribution is 0.0751.